The first-order valence-electron chi connectivity index (χ1n) is 5.39. The summed E-state index contributed by atoms with van der Waals surface area (Å²) in [5.41, 5.74) is 8.91. The van der Waals surface area contributed by atoms with Gasteiger partial charge in [0, 0.05) is 10.9 Å². The van der Waals surface area contributed by atoms with E-state index in [1.54, 1.807) is 0 Å². The fourth-order valence-corrected chi connectivity index (χ4v) is 2.53. The van der Waals surface area contributed by atoms with Gasteiger partial charge in [-0.05, 0) is 30.1 Å². The van der Waals surface area contributed by atoms with Crippen LogP contribution in [-0.2, 0) is 6.54 Å². The number of para-hydroxylation sites is 1. The van der Waals surface area contributed by atoms with Gasteiger partial charge in [-0.3, -0.25) is 0 Å². The molecule has 0 aliphatic carbocycles. The summed E-state index contributed by atoms with van der Waals surface area (Å²) >= 11 is 1.38. The minimum absolute atomic E-state index is 0.385. The molecule has 0 atom stereocenters. The van der Waals surface area contributed by atoms with Crippen molar-refractivity contribution >= 4 is 22.4 Å². The zero-order valence-electron chi connectivity index (χ0n) is 9.40. The van der Waals surface area contributed by atoms with Crippen molar-refractivity contribution in [1.82, 2.24) is 14.3 Å². The summed E-state index contributed by atoms with van der Waals surface area (Å²) in [7, 11) is 0. The van der Waals surface area contributed by atoms with E-state index in [2.05, 4.69) is 45.5 Å². The first kappa shape index (κ1) is 10.4. The van der Waals surface area contributed by atoms with Gasteiger partial charge in [0.1, 0.15) is 0 Å². The van der Waals surface area contributed by atoms with Crippen LogP contribution in [0, 0.1) is 6.92 Å². The number of aromatic amines is 1. The first-order valence-corrected chi connectivity index (χ1v) is 6.16. The number of benzene rings is 1. The SMILES string of the molecule is Cc1cccc2cc(-c3nc(CN)ns3)[nH]c12. The lowest BCUT2D eigenvalue weighted by Gasteiger charge is -1.93. The Morgan fingerprint density at radius 1 is 1.41 bits per heavy atom. The number of hydrogen-bond donors (Lipinski definition) is 2. The summed E-state index contributed by atoms with van der Waals surface area (Å²) in [6.07, 6.45) is 0. The largest absolute Gasteiger partial charge is 0.352 e. The molecule has 0 bridgehead atoms. The van der Waals surface area contributed by atoms with Crippen LogP contribution in [0.25, 0.3) is 21.6 Å². The zero-order chi connectivity index (χ0) is 11.8. The number of nitrogens with zero attached hydrogens (tertiary/aromatic N) is 2. The number of nitrogens with one attached hydrogen (secondary N) is 1. The molecule has 0 saturated heterocycles. The Bertz CT molecular complexity index is 668. The number of rotatable bonds is 2. The van der Waals surface area contributed by atoms with Crippen LogP contribution in [-0.4, -0.2) is 14.3 Å². The van der Waals surface area contributed by atoms with E-state index in [1.165, 1.54) is 22.5 Å². The van der Waals surface area contributed by atoms with Gasteiger partial charge >= 0.3 is 0 Å². The third-order valence-electron chi connectivity index (χ3n) is 2.75. The maximum atomic E-state index is 5.51. The van der Waals surface area contributed by atoms with Crippen LogP contribution in [0.4, 0.5) is 0 Å². The summed E-state index contributed by atoms with van der Waals surface area (Å²) in [5, 5.41) is 2.09. The fourth-order valence-electron chi connectivity index (χ4n) is 1.87. The lowest BCUT2D eigenvalue weighted by molar-refractivity contribution is 0.959. The van der Waals surface area contributed by atoms with E-state index in [0.717, 1.165) is 16.2 Å². The molecule has 2 heterocycles. The van der Waals surface area contributed by atoms with Gasteiger partial charge in [0.25, 0.3) is 0 Å². The molecule has 0 radical (unpaired) electrons. The van der Waals surface area contributed by atoms with E-state index in [9.17, 15) is 0 Å². The highest BCUT2D eigenvalue weighted by molar-refractivity contribution is 7.09. The van der Waals surface area contributed by atoms with Crippen LogP contribution in [0.2, 0.25) is 0 Å². The summed E-state index contributed by atoms with van der Waals surface area (Å²) in [4.78, 5) is 7.76. The maximum absolute atomic E-state index is 5.51. The minimum Gasteiger partial charge on any atom is -0.352 e. The van der Waals surface area contributed by atoms with E-state index in [-0.39, 0.29) is 0 Å². The molecule has 0 spiro atoms. The molecule has 17 heavy (non-hydrogen) atoms. The number of H-pyrrole nitrogens is 1. The van der Waals surface area contributed by atoms with Gasteiger partial charge in [-0.25, -0.2) is 4.98 Å². The van der Waals surface area contributed by atoms with Gasteiger partial charge in [-0.2, -0.15) is 4.37 Å². The Morgan fingerprint density at radius 3 is 3.00 bits per heavy atom. The summed E-state index contributed by atoms with van der Waals surface area (Å²) < 4.78 is 4.19. The van der Waals surface area contributed by atoms with Crippen molar-refractivity contribution in [3.8, 4) is 10.7 Å². The van der Waals surface area contributed by atoms with Gasteiger partial charge in [-0.15, -0.1) is 0 Å². The van der Waals surface area contributed by atoms with Gasteiger partial charge in [0.05, 0.1) is 12.2 Å². The molecule has 4 nitrogen and oxygen atoms in total. The molecule has 3 rings (SSSR count). The van der Waals surface area contributed by atoms with Crippen LogP contribution < -0.4 is 5.73 Å². The lowest BCUT2D eigenvalue weighted by atomic mass is 10.2. The van der Waals surface area contributed by atoms with E-state index in [1.807, 2.05) is 0 Å². The molecule has 0 aliphatic heterocycles. The van der Waals surface area contributed by atoms with Crippen molar-refractivity contribution in [2.24, 2.45) is 5.73 Å². The van der Waals surface area contributed by atoms with Crippen LogP contribution in [0.3, 0.4) is 0 Å². The van der Waals surface area contributed by atoms with Crippen molar-refractivity contribution < 1.29 is 0 Å². The van der Waals surface area contributed by atoms with Crippen molar-refractivity contribution in [2.75, 3.05) is 0 Å². The van der Waals surface area contributed by atoms with Crippen LogP contribution in [0.1, 0.15) is 11.4 Å². The quantitative estimate of drug-likeness (QED) is 0.727. The Hall–Kier alpha value is -1.72. The predicted octanol–water partition coefficient (Wildman–Crippen LogP) is 2.45. The Kier molecular flexibility index (Phi) is 2.42. The van der Waals surface area contributed by atoms with Gasteiger partial charge in [-0.1, -0.05) is 18.2 Å². The normalized spacial score (nSPS) is 11.2. The number of hydrogen-bond acceptors (Lipinski definition) is 4. The molecule has 0 saturated carbocycles. The monoisotopic (exact) mass is 244 g/mol. The molecule has 0 unspecified atom stereocenters. The van der Waals surface area contributed by atoms with E-state index in [4.69, 9.17) is 5.73 Å². The molecular weight excluding hydrogens is 232 g/mol. The second-order valence-corrected chi connectivity index (χ2v) is 4.69. The molecule has 3 aromatic rings. The number of aryl methyl sites for hydroxylation is 1. The Balaban J connectivity index is 2.14. The number of aromatic nitrogens is 3. The zero-order valence-corrected chi connectivity index (χ0v) is 10.2. The maximum Gasteiger partial charge on any atom is 0.160 e. The average molecular weight is 244 g/mol. The minimum atomic E-state index is 0.385. The van der Waals surface area contributed by atoms with Crippen molar-refractivity contribution in [3.05, 3.63) is 35.7 Å². The summed E-state index contributed by atoms with van der Waals surface area (Å²) in [6, 6.07) is 8.34. The van der Waals surface area contributed by atoms with E-state index in [0.29, 0.717) is 12.4 Å². The van der Waals surface area contributed by atoms with Gasteiger partial charge < -0.3 is 10.7 Å². The van der Waals surface area contributed by atoms with E-state index >= 15 is 0 Å². The molecular formula is C12H12N4S. The highest BCUT2D eigenvalue weighted by Gasteiger charge is 2.09. The number of fused-ring (bicyclic) bond motifs is 1. The molecule has 0 aliphatic rings. The van der Waals surface area contributed by atoms with Gasteiger partial charge in [0.15, 0.2) is 10.8 Å². The van der Waals surface area contributed by atoms with Crippen LogP contribution in [0.5, 0.6) is 0 Å². The third kappa shape index (κ3) is 1.73. The summed E-state index contributed by atoms with van der Waals surface area (Å²) in [6.45, 7) is 2.48. The molecule has 2 aromatic heterocycles. The molecule has 86 valence electrons. The standard InChI is InChI=1S/C12H12N4S/c1-7-3-2-4-8-5-9(14-11(7)8)12-15-10(6-13)16-17-12/h2-5,14H,6,13H2,1H3. The summed E-state index contributed by atoms with van der Waals surface area (Å²) in [5.74, 6) is 0.695. The van der Waals surface area contributed by atoms with Crippen molar-refractivity contribution in [1.29, 1.82) is 0 Å². The topological polar surface area (TPSA) is 67.6 Å². The smallest absolute Gasteiger partial charge is 0.160 e. The van der Waals surface area contributed by atoms with Crippen LogP contribution in [0.15, 0.2) is 24.3 Å². The average Bonchev–Trinajstić information content (AvgIpc) is 2.95. The lowest BCUT2D eigenvalue weighted by Crippen LogP contribution is -1.97. The molecule has 0 amide bonds. The van der Waals surface area contributed by atoms with Crippen LogP contribution >= 0.6 is 11.5 Å². The first-order chi connectivity index (χ1) is 8.28. The molecule has 3 N–H and O–H groups in total. The highest BCUT2D eigenvalue weighted by Crippen LogP contribution is 2.26. The molecule has 0 fully saturated rings. The van der Waals surface area contributed by atoms with Crippen molar-refractivity contribution in [2.45, 2.75) is 13.5 Å². The Morgan fingerprint density at radius 2 is 2.29 bits per heavy atom. The highest BCUT2D eigenvalue weighted by atomic mass is 32.1. The van der Waals surface area contributed by atoms with Gasteiger partial charge in [0.2, 0.25) is 0 Å². The Labute approximate surface area is 103 Å². The fraction of sp³-hybridized carbons (Fsp3) is 0.167. The predicted molar refractivity (Wildman–Crippen MR) is 69.8 cm³/mol. The molecule has 5 heteroatoms. The van der Waals surface area contributed by atoms with E-state index < -0.39 is 0 Å². The molecule has 1 aromatic carbocycles. The van der Waals surface area contributed by atoms with Crippen molar-refractivity contribution in [3.63, 3.8) is 0 Å². The second-order valence-electron chi connectivity index (χ2n) is 3.94. The second kappa shape index (κ2) is 3.94. The third-order valence-corrected chi connectivity index (χ3v) is 3.53. The number of nitrogens with two attached hydrogens (primary N) is 1.